The molecule has 5 heteroatoms. The fourth-order valence-electron chi connectivity index (χ4n) is 5.78. The number of nitrogens with zero attached hydrogens (tertiary/aromatic N) is 3. The molecule has 4 nitrogen and oxygen atoms in total. The second kappa shape index (κ2) is 8.24. The number of aryl methyl sites for hydroxylation is 1. The van der Waals surface area contributed by atoms with E-state index in [0.29, 0.717) is 12.5 Å². The quantitative estimate of drug-likeness (QED) is 0.334. The molecule has 2 aliphatic rings. The molecule has 1 aliphatic heterocycles. The number of likely N-dealkylation sites (N-methyl/N-ethyl adjacent to an activating group) is 1. The van der Waals surface area contributed by atoms with Gasteiger partial charge in [0, 0.05) is 40.8 Å². The normalized spacial score (nSPS) is 21.9. The monoisotopic (exact) mass is 465 g/mol. The highest BCUT2D eigenvalue weighted by Crippen LogP contribution is 2.46. The summed E-state index contributed by atoms with van der Waals surface area (Å²) in [6, 6.07) is 25.6. The molecule has 1 aromatic heterocycles. The second-order valence-electron chi connectivity index (χ2n) is 9.63. The van der Waals surface area contributed by atoms with Crippen molar-refractivity contribution in [2.24, 2.45) is 0 Å². The maximum Gasteiger partial charge on any atom is 0.222 e. The van der Waals surface area contributed by atoms with Crippen LogP contribution in [0.3, 0.4) is 0 Å². The lowest BCUT2D eigenvalue weighted by Gasteiger charge is -2.50. The van der Waals surface area contributed by atoms with Crippen LogP contribution in [0.2, 0.25) is 0 Å². The molecule has 4 aromatic rings. The van der Waals surface area contributed by atoms with Crippen LogP contribution in [0.15, 0.2) is 82.7 Å². The van der Waals surface area contributed by atoms with Crippen LogP contribution < -0.4 is 0 Å². The van der Waals surface area contributed by atoms with Crippen molar-refractivity contribution < 1.29 is 4.79 Å². The van der Waals surface area contributed by atoms with Gasteiger partial charge in [-0.2, -0.15) is 0 Å². The summed E-state index contributed by atoms with van der Waals surface area (Å²) in [5.74, 6) is 1.04. The third kappa shape index (κ3) is 3.50. The molecule has 0 bridgehead atoms. The molecule has 34 heavy (non-hydrogen) atoms. The summed E-state index contributed by atoms with van der Waals surface area (Å²) < 4.78 is 0. The van der Waals surface area contributed by atoms with Crippen molar-refractivity contribution in [2.45, 2.75) is 54.0 Å². The molecular formula is C29H27N3OS. The van der Waals surface area contributed by atoms with Gasteiger partial charge in [0.1, 0.15) is 5.03 Å². The van der Waals surface area contributed by atoms with Gasteiger partial charge in [-0.05, 0) is 48.6 Å². The third-order valence-electron chi connectivity index (χ3n) is 7.65. The first-order valence-electron chi connectivity index (χ1n) is 11.9. The van der Waals surface area contributed by atoms with Crippen molar-refractivity contribution in [2.75, 3.05) is 7.05 Å². The molecule has 170 valence electrons. The Morgan fingerprint density at radius 1 is 0.971 bits per heavy atom. The molecule has 0 spiro atoms. The Balaban J connectivity index is 1.38. The summed E-state index contributed by atoms with van der Waals surface area (Å²) in [7, 11) is 1.98. The minimum Gasteiger partial charge on any atom is -0.342 e. The molecule has 1 amide bonds. The Morgan fingerprint density at radius 2 is 1.76 bits per heavy atom. The van der Waals surface area contributed by atoms with Gasteiger partial charge in [-0.1, -0.05) is 73.3 Å². The smallest absolute Gasteiger partial charge is 0.222 e. The number of fused-ring (bicyclic) bond motifs is 4. The van der Waals surface area contributed by atoms with E-state index in [0.717, 1.165) is 46.6 Å². The van der Waals surface area contributed by atoms with Crippen LogP contribution in [-0.2, 0) is 16.6 Å². The standard InChI is InChI=1S/C29H27N3OS/c1-29-17-16-26(33)32(2)25(29)15-12-20-18-21(13-14-23(20)29)34-28-22-10-6-7-11-24(22)30-27(31-28)19-8-4-3-5-9-19/h3-11,13-14,18,25H,12,15-17H2,1-2H3/t25?,29-/m1/s1. The molecule has 3 aromatic carbocycles. The van der Waals surface area contributed by atoms with Crippen molar-refractivity contribution in [3.63, 3.8) is 0 Å². The van der Waals surface area contributed by atoms with Gasteiger partial charge in [-0.15, -0.1) is 0 Å². The van der Waals surface area contributed by atoms with E-state index in [1.807, 2.05) is 42.3 Å². The Bertz CT molecular complexity index is 1400. The summed E-state index contributed by atoms with van der Waals surface area (Å²) in [5.41, 5.74) is 4.83. The van der Waals surface area contributed by atoms with Crippen molar-refractivity contribution in [1.82, 2.24) is 14.9 Å². The zero-order chi connectivity index (χ0) is 23.3. The molecular weight excluding hydrogens is 438 g/mol. The molecule has 2 heterocycles. The van der Waals surface area contributed by atoms with E-state index in [4.69, 9.17) is 9.97 Å². The maximum atomic E-state index is 12.3. The maximum absolute atomic E-state index is 12.3. The Labute approximate surface area is 204 Å². The lowest BCUT2D eigenvalue weighted by Crippen LogP contribution is -2.56. The predicted molar refractivity (Wildman–Crippen MR) is 137 cm³/mol. The minimum atomic E-state index is 0.0293. The van der Waals surface area contributed by atoms with Gasteiger partial charge in [-0.3, -0.25) is 4.79 Å². The number of carbonyl (C=O) groups excluding carboxylic acids is 1. The first-order chi connectivity index (χ1) is 16.5. The number of piperidine rings is 1. The van der Waals surface area contributed by atoms with E-state index in [2.05, 4.69) is 49.4 Å². The van der Waals surface area contributed by atoms with Gasteiger partial charge < -0.3 is 4.90 Å². The average molecular weight is 466 g/mol. The topological polar surface area (TPSA) is 46.1 Å². The number of para-hydroxylation sites is 1. The van der Waals surface area contributed by atoms with Gasteiger partial charge in [0.15, 0.2) is 5.82 Å². The van der Waals surface area contributed by atoms with Crippen LogP contribution in [-0.4, -0.2) is 33.9 Å². The van der Waals surface area contributed by atoms with Crippen LogP contribution in [0.4, 0.5) is 0 Å². The molecule has 1 unspecified atom stereocenters. The lowest BCUT2D eigenvalue weighted by molar-refractivity contribution is -0.138. The lowest BCUT2D eigenvalue weighted by atomic mass is 9.63. The SMILES string of the molecule is CN1C(=O)CC[C@]2(C)c3ccc(Sc4nc(-c5ccccc5)nc5ccccc45)cc3CCC12. The number of rotatable bonds is 3. The van der Waals surface area contributed by atoms with Gasteiger partial charge in [-0.25, -0.2) is 9.97 Å². The summed E-state index contributed by atoms with van der Waals surface area (Å²) >= 11 is 1.71. The second-order valence-corrected chi connectivity index (χ2v) is 10.7. The number of hydrogen-bond donors (Lipinski definition) is 0. The Kier molecular flexibility index (Phi) is 5.18. The van der Waals surface area contributed by atoms with Crippen LogP contribution in [0.25, 0.3) is 22.3 Å². The summed E-state index contributed by atoms with van der Waals surface area (Å²) in [5, 5.41) is 2.05. The van der Waals surface area contributed by atoms with Crippen LogP contribution in [0, 0.1) is 0 Å². The van der Waals surface area contributed by atoms with Gasteiger partial charge in [0.25, 0.3) is 0 Å². The van der Waals surface area contributed by atoms with E-state index in [1.165, 1.54) is 16.0 Å². The van der Waals surface area contributed by atoms with E-state index in [1.54, 1.807) is 11.8 Å². The highest BCUT2D eigenvalue weighted by Gasteiger charge is 2.46. The summed E-state index contributed by atoms with van der Waals surface area (Å²) in [6.07, 6.45) is 3.59. The third-order valence-corrected chi connectivity index (χ3v) is 8.64. The number of amides is 1. The zero-order valence-corrected chi connectivity index (χ0v) is 20.3. The summed E-state index contributed by atoms with van der Waals surface area (Å²) in [6.45, 7) is 2.34. The van der Waals surface area contributed by atoms with E-state index < -0.39 is 0 Å². The van der Waals surface area contributed by atoms with Gasteiger partial charge in [0.2, 0.25) is 5.91 Å². The van der Waals surface area contributed by atoms with E-state index in [9.17, 15) is 4.79 Å². The number of likely N-dealkylation sites (tertiary alicyclic amines) is 1. The number of aromatic nitrogens is 2. The van der Waals surface area contributed by atoms with Crippen LogP contribution in [0.1, 0.15) is 37.3 Å². The highest BCUT2D eigenvalue weighted by molar-refractivity contribution is 7.99. The Hall–Kier alpha value is -3.18. The first kappa shape index (κ1) is 21.4. The van der Waals surface area contributed by atoms with Gasteiger partial charge in [0.05, 0.1) is 5.52 Å². The number of benzene rings is 3. The number of carbonyl (C=O) groups is 1. The van der Waals surface area contributed by atoms with Crippen molar-refractivity contribution in [3.8, 4) is 11.4 Å². The molecule has 6 rings (SSSR count). The molecule has 0 radical (unpaired) electrons. The van der Waals surface area contributed by atoms with Crippen molar-refractivity contribution in [3.05, 3.63) is 83.9 Å². The van der Waals surface area contributed by atoms with Gasteiger partial charge >= 0.3 is 0 Å². The zero-order valence-electron chi connectivity index (χ0n) is 19.5. The van der Waals surface area contributed by atoms with Crippen molar-refractivity contribution >= 4 is 28.6 Å². The average Bonchev–Trinajstić information content (AvgIpc) is 2.87. The summed E-state index contributed by atoms with van der Waals surface area (Å²) in [4.78, 5) is 25.3. The van der Waals surface area contributed by atoms with E-state index in [-0.39, 0.29) is 11.3 Å². The fraction of sp³-hybridized carbons (Fsp3) is 0.276. The van der Waals surface area contributed by atoms with Crippen LogP contribution >= 0.6 is 11.8 Å². The number of hydrogen-bond acceptors (Lipinski definition) is 4. The first-order valence-corrected chi connectivity index (χ1v) is 12.7. The van der Waals surface area contributed by atoms with Crippen molar-refractivity contribution in [1.29, 1.82) is 0 Å². The Morgan fingerprint density at radius 3 is 2.62 bits per heavy atom. The minimum absolute atomic E-state index is 0.0293. The molecule has 1 aliphatic carbocycles. The predicted octanol–water partition coefficient (Wildman–Crippen LogP) is 6.27. The molecule has 0 N–H and O–H groups in total. The fourth-order valence-corrected chi connectivity index (χ4v) is 6.76. The molecule has 1 saturated heterocycles. The molecule has 1 fully saturated rings. The largest absolute Gasteiger partial charge is 0.342 e. The van der Waals surface area contributed by atoms with E-state index >= 15 is 0 Å². The molecule has 2 atom stereocenters. The molecule has 0 saturated carbocycles. The van der Waals surface area contributed by atoms with Crippen LogP contribution in [0.5, 0.6) is 0 Å². The highest BCUT2D eigenvalue weighted by atomic mass is 32.2.